The zero-order valence-corrected chi connectivity index (χ0v) is 7.51. The maximum absolute atomic E-state index is 8.63. The van der Waals surface area contributed by atoms with Gasteiger partial charge in [-0.25, -0.2) is 0 Å². The van der Waals surface area contributed by atoms with Crippen molar-refractivity contribution in [3.8, 4) is 0 Å². The maximum atomic E-state index is 8.63. The first kappa shape index (κ1) is 9.36. The summed E-state index contributed by atoms with van der Waals surface area (Å²) in [6, 6.07) is 5.45. The van der Waals surface area contributed by atoms with Crippen LogP contribution in [0, 0.1) is 0 Å². The number of hydrogen-bond donors (Lipinski definition) is 2. The van der Waals surface area contributed by atoms with Gasteiger partial charge in [-0.3, -0.25) is 0 Å². The number of nitrogens with two attached hydrogens (primary N) is 1. The second-order valence-corrected chi connectivity index (χ2v) is 3.04. The summed E-state index contributed by atoms with van der Waals surface area (Å²) in [5.74, 6) is 0. The molecule has 0 atom stereocenters. The van der Waals surface area contributed by atoms with Gasteiger partial charge in [0.05, 0.1) is 0 Å². The van der Waals surface area contributed by atoms with Crippen LogP contribution in [0.5, 0.6) is 0 Å². The molecule has 66 valence electrons. The molecule has 3 heteroatoms. The highest BCUT2D eigenvalue weighted by Gasteiger charge is 2.02. The summed E-state index contributed by atoms with van der Waals surface area (Å²) in [7, 11) is 0. The molecule has 0 aromatic heterocycles. The average molecular weight is 186 g/mol. The molecule has 1 aromatic carbocycles. The molecular formula is C9H12ClNO. The highest BCUT2D eigenvalue weighted by Crippen LogP contribution is 2.22. The molecule has 0 radical (unpaired) electrons. The van der Waals surface area contributed by atoms with Crippen molar-refractivity contribution in [2.24, 2.45) is 0 Å². The lowest BCUT2D eigenvalue weighted by Crippen LogP contribution is -1.96. The molecule has 3 N–H and O–H groups in total. The van der Waals surface area contributed by atoms with E-state index in [9.17, 15) is 0 Å². The number of rotatable bonds is 3. The van der Waals surface area contributed by atoms with Crippen LogP contribution in [-0.2, 0) is 6.42 Å². The molecule has 0 saturated carbocycles. The molecule has 2 nitrogen and oxygen atoms in total. The first-order chi connectivity index (χ1) is 5.75. The van der Waals surface area contributed by atoms with E-state index in [1.807, 2.05) is 18.2 Å². The molecule has 0 aliphatic carbocycles. The minimum absolute atomic E-state index is 0.171. The van der Waals surface area contributed by atoms with Gasteiger partial charge in [0, 0.05) is 17.3 Å². The third-order valence-corrected chi connectivity index (χ3v) is 2.09. The van der Waals surface area contributed by atoms with Crippen LogP contribution in [0.15, 0.2) is 18.2 Å². The van der Waals surface area contributed by atoms with Crippen LogP contribution in [-0.4, -0.2) is 11.7 Å². The number of aliphatic hydroxyl groups excluding tert-OH is 1. The van der Waals surface area contributed by atoms with Gasteiger partial charge < -0.3 is 10.8 Å². The number of hydrogen-bond acceptors (Lipinski definition) is 2. The van der Waals surface area contributed by atoms with E-state index < -0.39 is 0 Å². The van der Waals surface area contributed by atoms with Crippen LogP contribution < -0.4 is 5.73 Å². The maximum Gasteiger partial charge on any atom is 0.0458 e. The van der Waals surface area contributed by atoms with Gasteiger partial charge in [0.25, 0.3) is 0 Å². The Labute approximate surface area is 77.0 Å². The third-order valence-electron chi connectivity index (χ3n) is 1.74. The SMILES string of the molecule is Nc1cccc(Cl)c1CCCO. The summed E-state index contributed by atoms with van der Waals surface area (Å²) in [5.41, 5.74) is 7.34. The molecule has 0 saturated heterocycles. The number of nitrogen functional groups attached to an aromatic ring is 1. The van der Waals surface area contributed by atoms with Crippen molar-refractivity contribution in [1.29, 1.82) is 0 Å². The van der Waals surface area contributed by atoms with Crippen molar-refractivity contribution in [2.45, 2.75) is 12.8 Å². The highest BCUT2D eigenvalue weighted by atomic mass is 35.5. The van der Waals surface area contributed by atoms with Crippen molar-refractivity contribution in [3.05, 3.63) is 28.8 Å². The molecular weight excluding hydrogens is 174 g/mol. The highest BCUT2D eigenvalue weighted by molar-refractivity contribution is 6.31. The molecule has 0 heterocycles. The van der Waals surface area contributed by atoms with E-state index in [0.717, 1.165) is 12.0 Å². The van der Waals surface area contributed by atoms with Crippen LogP contribution >= 0.6 is 11.6 Å². The monoisotopic (exact) mass is 185 g/mol. The molecule has 0 amide bonds. The van der Waals surface area contributed by atoms with Gasteiger partial charge in [-0.15, -0.1) is 0 Å². The Bertz CT molecular complexity index is 242. The zero-order valence-electron chi connectivity index (χ0n) is 6.76. The molecule has 0 unspecified atom stereocenters. The van der Waals surface area contributed by atoms with Crippen molar-refractivity contribution in [2.75, 3.05) is 12.3 Å². The summed E-state index contributed by atoms with van der Waals surface area (Å²) >= 11 is 5.90. The van der Waals surface area contributed by atoms with Gasteiger partial charge in [-0.1, -0.05) is 17.7 Å². The number of aliphatic hydroxyl groups is 1. The van der Waals surface area contributed by atoms with Gasteiger partial charge in [-0.05, 0) is 30.5 Å². The summed E-state index contributed by atoms with van der Waals surface area (Å²) in [6.45, 7) is 0.171. The van der Waals surface area contributed by atoms with Crippen molar-refractivity contribution in [3.63, 3.8) is 0 Å². The van der Waals surface area contributed by atoms with Crippen LogP contribution in [0.4, 0.5) is 5.69 Å². The molecule has 0 bridgehead atoms. The lowest BCUT2D eigenvalue weighted by molar-refractivity contribution is 0.288. The van der Waals surface area contributed by atoms with E-state index in [1.165, 1.54) is 0 Å². The predicted molar refractivity (Wildman–Crippen MR) is 51.3 cm³/mol. The molecule has 1 rings (SSSR count). The van der Waals surface area contributed by atoms with E-state index in [4.69, 9.17) is 22.4 Å². The van der Waals surface area contributed by atoms with Crippen LogP contribution in [0.25, 0.3) is 0 Å². The Morgan fingerprint density at radius 2 is 2.17 bits per heavy atom. The third kappa shape index (κ3) is 2.13. The largest absolute Gasteiger partial charge is 0.398 e. The van der Waals surface area contributed by atoms with Gasteiger partial charge in [0.2, 0.25) is 0 Å². The number of anilines is 1. The normalized spacial score (nSPS) is 10.2. The summed E-state index contributed by atoms with van der Waals surface area (Å²) in [5, 5.41) is 9.31. The summed E-state index contributed by atoms with van der Waals surface area (Å²) in [6.07, 6.45) is 1.44. The first-order valence-electron chi connectivity index (χ1n) is 3.89. The lowest BCUT2D eigenvalue weighted by atomic mass is 10.1. The fraction of sp³-hybridized carbons (Fsp3) is 0.333. The standard InChI is InChI=1S/C9H12ClNO/c10-8-4-1-5-9(11)7(8)3-2-6-12/h1,4-5,12H,2-3,6,11H2. The minimum atomic E-state index is 0.171. The van der Waals surface area contributed by atoms with E-state index in [0.29, 0.717) is 17.1 Å². The summed E-state index contributed by atoms with van der Waals surface area (Å²) in [4.78, 5) is 0. The molecule has 0 aliphatic rings. The van der Waals surface area contributed by atoms with Crippen molar-refractivity contribution < 1.29 is 5.11 Å². The Morgan fingerprint density at radius 3 is 2.75 bits per heavy atom. The Balaban J connectivity index is 2.81. The lowest BCUT2D eigenvalue weighted by Gasteiger charge is -2.05. The smallest absolute Gasteiger partial charge is 0.0458 e. The van der Waals surface area contributed by atoms with E-state index in [1.54, 1.807) is 0 Å². The molecule has 0 fully saturated rings. The Hall–Kier alpha value is -0.730. The Kier molecular flexibility index (Phi) is 3.38. The second kappa shape index (κ2) is 4.33. The molecule has 1 aromatic rings. The Morgan fingerprint density at radius 1 is 1.42 bits per heavy atom. The minimum Gasteiger partial charge on any atom is -0.398 e. The first-order valence-corrected chi connectivity index (χ1v) is 4.27. The van der Waals surface area contributed by atoms with Crippen LogP contribution in [0.1, 0.15) is 12.0 Å². The van der Waals surface area contributed by atoms with Crippen molar-refractivity contribution in [1.82, 2.24) is 0 Å². The second-order valence-electron chi connectivity index (χ2n) is 2.63. The molecule has 0 spiro atoms. The van der Waals surface area contributed by atoms with Crippen molar-refractivity contribution >= 4 is 17.3 Å². The van der Waals surface area contributed by atoms with Crippen LogP contribution in [0.3, 0.4) is 0 Å². The van der Waals surface area contributed by atoms with Gasteiger partial charge in [0.15, 0.2) is 0 Å². The number of benzene rings is 1. The zero-order chi connectivity index (χ0) is 8.97. The average Bonchev–Trinajstić information content (AvgIpc) is 2.04. The quantitative estimate of drug-likeness (QED) is 0.706. The summed E-state index contributed by atoms with van der Waals surface area (Å²) < 4.78 is 0. The predicted octanol–water partition coefficient (Wildman–Crippen LogP) is 1.85. The van der Waals surface area contributed by atoms with E-state index in [2.05, 4.69) is 0 Å². The molecule has 12 heavy (non-hydrogen) atoms. The number of halogens is 1. The molecule has 0 aliphatic heterocycles. The fourth-order valence-corrected chi connectivity index (χ4v) is 1.37. The van der Waals surface area contributed by atoms with E-state index >= 15 is 0 Å². The van der Waals surface area contributed by atoms with Gasteiger partial charge in [0.1, 0.15) is 0 Å². The topological polar surface area (TPSA) is 46.2 Å². The van der Waals surface area contributed by atoms with Crippen LogP contribution in [0.2, 0.25) is 5.02 Å². The fourth-order valence-electron chi connectivity index (χ4n) is 1.09. The van der Waals surface area contributed by atoms with Gasteiger partial charge in [-0.2, -0.15) is 0 Å². The van der Waals surface area contributed by atoms with E-state index in [-0.39, 0.29) is 6.61 Å². The van der Waals surface area contributed by atoms with Gasteiger partial charge >= 0.3 is 0 Å².